The molecule has 164 valence electrons. The maximum Gasteiger partial charge on any atom is 0.431 e. The van der Waals surface area contributed by atoms with E-state index in [4.69, 9.17) is 9.47 Å². The molecule has 1 aliphatic rings. The molecule has 10 heteroatoms. The predicted octanol–water partition coefficient (Wildman–Crippen LogP) is 4.46. The minimum Gasteiger partial charge on any atom is -0.493 e. The molecule has 0 spiro atoms. The van der Waals surface area contributed by atoms with Crippen LogP contribution in [0.2, 0.25) is 0 Å². The second kappa shape index (κ2) is 8.62. The van der Waals surface area contributed by atoms with E-state index in [1.54, 1.807) is 19.4 Å². The van der Waals surface area contributed by atoms with Gasteiger partial charge in [-0.05, 0) is 25.0 Å². The molecule has 2 N–H and O–H groups in total. The molecule has 3 heterocycles. The lowest BCUT2D eigenvalue weighted by molar-refractivity contribution is -0.365. The number of nitrogens with zero attached hydrogens (tertiary/aromatic N) is 2. The number of hydrogen-bond acceptors (Lipinski definition) is 4. The van der Waals surface area contributed by atoms with Crippen LogP contribution < -0.4 is 9.72 Å². The Morgan fingerprint density at radius 3 is 2.97 bits per heavy atom. The zero-order chi connectivity index (χ0) is 22.0. The van der Waals surface area contributed by atoms with Gasteiger partial charge < -0.3 is 14.5 Å². The van der Waals surface area contributed by atoms with Gasteiger partial charge in [0.2, 0.25) is 12.0 Å². The summed E-state index contributed by atoms with van der Waals surface area (Å²) < 4.78 is 63.7. The highest BCUT2D eigenvalue weighted by Gasteiger charge is 2.34. The molecule has 0 saturated carbocycles. The number of halogens is 4. The van der Waals surface area contributed by atoms with E-state index in [1.807, 2.05) is 0 Å². The van der Waals surface area contributed by atoms with E-state index in [0.717, 1.165) is 24.5 Å². The van der Waals surface area contributed by atoms with Crippen LogP contribution in [-0.4, -0.2) is 36.5 Å². The Morgan fingerprint density at radius 1 is 1.35 bits per heavy atom. The van der Waals surface area contributed by atoms with Crippen LogP contribution in [0.4, 0.5) is 23.4 Å². The molecule has 2 aromatic heterocycles. The van der Waals surface area contributed by atoms with Crippen molar-refractivity contribution in [3.63, 3.8) is 0 Å². The fraction of sp³-hybridized carbons (Fsp3) is 0.381. The third-order valence-corrected chi connectivity index (χ3v) is 5.34. The number of ether oxygens (including phenoxy) is 2. The Balaban J connectivity index is 1.69. The summed E-state index contributed by atoms with van der Waals surface area (Å²) in [6.07, 6.45) is 0.0537. The van der Waals surface area contributed by atoms with Crippen molar-refractivity contribution < 1.29 is 32.0 Å². The molecule has 0 amide bonds. The minimum atomic E-state index is -4.52. The first kappa shape index (κ1) is 21.2. The summed E-state index contributed by atoms with van der Waals surface area (Å²) >= 11 is 0. The van der Waals surface area contributed by atoms with Crippen LogP contribution in [0.25, 0.3) is 11.0 Å². The Kier molecular flexibility index (Phi) is 5.90. The zero-order valence-corrected chi connectivity index (χ0v) is 16.7. The summed E-state index contributed by atoms with van der Waals surface area (Å²) in [6.45, 7) is 0.980. The summed E-state index contributed by atoms with van der Waals surface area (Å²) in [5, 5.41) is 0.230. The summed E-state index contributed by atoms with van der Waals surface area (Å²) in [5.41, 5.74) is -0.0196. The molecule has 2 atom stereocenters. The van der Waals surface area contributed by atoms with Crippen LogP contribution >= 0.6 is 0 Å². The van der Waals surface area contributed by atoms with Gasteiger partial charge in [-0.15, -0.1) is 4.99 Å². The zero-order valence-electron chi connectivity index (χ0n) is 16.7. The van der Waals surface area contributed by atoms with Crippen molar-refractivity contribution in [1.82, 2.24) is 9.97 Å². The summed E-state index contributed by atoms with van der Waals surface area (Å²) in [7, 11) is 1.63. The average Bonchev–Trinajstić information content (AvgIpc) is 3.18. The topological polar surface area (TPSA) is 73.6 Å². The van der Waals surface area contributed by atoms with Gasteiger partial charge >= 0.3 is 6.18 Å². The van der Waals surface area contributed by atoms with Crippen LogP contribution in [0.15, 0.2) is 35.6 Å². The maximum absolute atomic E-state index is 13.7. The monoisotopic (exact) mass is 437 g/mol. The van der Waals surface area contributed by atoms with Crippen molar-refractivity contribution in [3.8, 4) is 5.75 Å². The number of nitrogens with one attached hydrogen (secondary N) is 2. The third-order valence-electron chi connectivity index (χ3n) is 5.34. The van der Waals surface area contributed by atoms with E-state index >= 15 is 0 Å². The number of aromatic nitrogens is 3. The van der Waals surface area contributed by atoms with Gasteiger partial charge in [0.1, 0.15) is 22.6 Å². The first-order valence-corrected chi connectivity index (χ1v) is 9.79. The Bertz CT molecular complexity index is 1100. The van der Waals surface area contributed by atoms with Gasteiger partial charge in [-0.1, -0.05) is 11.1 Å². The number of aliphatic imine (C=N–C) groups is 1. The second-order valence-electron chi connectivity index (χ2n) is 7.39. The van der Waals surface area contributed by atoms with Crippen molar-refractivity contribution in [2.24, 2.45) is 10.9 Å². The Morgan fingerprint density at radius 2 is 2.19 bits per heavy atom. The molecule has 1 aromatic carbocycles. The van der Waals surface area contributed by atoms with E-state index in [-0.39, 0.29) is 28.7 Å². The third kappa shape index (κ3) is 4.53. The van der Waals surface area contributed by atoms with Crippen molar-refractivity contribution in [2.75, 3.05) is 20.3 Å². The Hall–Kier alpha value is -3.01. The van der Waals surface area contributed by atoms with Crippen LogP contribution in [0.5, 0.6) is 5.75 Å². The smallest absolute Gasteiger partial charge is 0.431 e. The van der Waals surface area contributed by atoms with Crippen molar-refractivity contribution in [3.05, 3.63) is 47.7 Å². The van der Waals surface area contributed by atoms with Crippen molar-refractivity contribution in [2.45, 2.75) is 24.9 Å². The van der Waals surface area contributed by atoms with Gasteiger partial charge in [-0.25, -0.2) is 9.37 Å². The lowest BCUT2D eigenvalue weighted by Gasteiger charge is -2.30. The van der Waals surface area contributed by atoms with E-state index < -0.39 is 17.7 Å². The van der Waals surface area contributed by atoms with Crippen molar-refractivity contribution >= 4 is 23.1 Å². The standard InChI is InChI=1S/C21H20F4N4O2/c1-30-6-2-3-12-10-31-17-7-13(22)4-5-14(17)16(12)9-26-19-15-8-18(21(23,24)25)29-20(15)28-11-27-19/h4-5,7-9,11-12,16H,2-3,6,10H2,1H3,(H,27,28,29)/p+1/b26-9+/t12-,16?/m0/s1. The van der Waals surface area contributed by atoms with Crippen LogP contribution in [0.1, 0.15) is 30.0 Å². The SMILES string of the molecule is COCCC[C@H]1COc2cc(F)ccc2C1/C=N/c1[nH+]cnc2[nH]c(C(F)(F)F)cc12. The highest BCUT2D eigenvalue weighted by Crippen LogP contribution is 2.39. The normalized spacial score (nSPS) is 19.0. The fourth-order valence-electron chi connectivity index (χ4n) is 3.79. The van der Waals surface area contributed by atoms with E-state index in [0.29, 0.717) is 19.0 Å². The number of alkyl halides is 3. The number of H-pyrrole nitrogens is 2. The number of methoxy groups -OCH3 is 1. The van der Waals surface area contributed by atoms with Gasteiger partial charge in [-0.2, -0.15) is 13.2 Å². The molecule has 31 heavy (non-hydrogen) atoms. The molecule has 1 aliphatic heterocycles. The van der Waals surface area contributed by atoms with Crippen LogP contribution in [0.3, 0.4) is 0 Å². The quantitative estimate of drug-likeness (QED) is 0.352. The number of aromatic amines is 2. The van der Waals surface area contributed by atoms with Gasteiger partial charge in [0.15, 0.2) is 0 Å². The number of rotatable bonds is 6. The van der Waals surface area contributed by atoms with Crippen LogP contribution in [0, 0.1) is 11.7 Å². The largest absolute Gasteiger partial charge is 0.493 e. The van der Waals surface area contributed by atoms with Gasteiger partial charge in [0.25, 0.3) is 5.82 Å². The molecule has 1 unspecified atom stereocenters. The lowest BCUT2D eigenvalue weighted by atomic mass is 9.82. The number of benzene rings is 1. The summed E-state index contributed by atoms with van der Waals surface area (Å²) in [4.78, 5) is 13.5. The summed E-state index contributed by atoms with van der Waals surface area (Å²) in [5.74, 6) is 0.167. The molecule has 0 fully saturated rings. The van der Waals surface area contributed by atoms with Gasteiger partial charge in [0.05, 0.1) is 12.8 Å². The maximum atomic E-state index is 13.7. The predicted molar refractivity (Wildman–Crippen MR) is 105 cm³/mol. The van der Waals surface area contributed by atoms with Gasteiger partial charge in [0, 0.05) is 37.2 Å². The average molecular weight is 437 g/mol. The molecule has 6 nitrogen and oxygen atoms in total. The second-order valence-corrected chi connectivity index (χ2v) is 7.39. The molecule has 0 bridgehead atoms. The van der Waals surface area contributed by atoms with Crippen molar-refractivity contribution in [1.29, 1.82) is 0 Å². The van der Waals surface area contributed by atoms with E-state index in [1.165, 1.54) is 18.5 Å². The fourth-order valence-corrected chi connectivity index (χ4v) is 3.79. The molecule has 4 rings (SSSR count). The Labute approximate surface area is 175 Å². The molecular weight excluding hydrogens is 416 g/mol. The molecule has 3 aromatic rings. The molecule has 0 radical (unpaired) electrons. The molecule has 0 saturated heterocycles. The molecular formula is C21H21F4N4O2+. The first-order valence-electron chi connectivity index (χ1n) is 9.79. The summed E-state index contributed by atoms with van der Waals surface area (Å²) in [6, 6.07) is 5.34. The molecule has 0 aliphatic carbocycles. The number of fused-ring (bicyclic) bond motifs is 2. The van der Waals surface area contributed by atoms with E-state index in [2.05, 4.69) is 19.9 Å². The minimum absolute atomic E-state index is 0.0613. The first-order chi connectivity index (χ1) is 14.9. The van der Waals surface area contributed by atoms with Crippen LogP contribution in [-0.2, 0) is 10.9 Å². The van der Waals surface area contributed by atoms with E-state index in [9.17, 15) is 17.6 Å². The highest BCUT2D eigenvalue weighted by molar-refractivity contribution is 5.87. The highest BCUT2D eigenvalue weighted by atomic mass is 19.4. The van der Waals surface area contributed by atoms with Gasteiger partial charge in [-0.3, -0.25) is 0 Å². The lowest BCUT2D eigenvalue weighted by Crippen LogP contribution is -2.27. The number of hydrogen-bond donors (Lipinski definition) is 1.